The van der Waals surface area contributed by atoms with Gasteiger partial charge in [-0.2, -0.15) is 22.5 Å². The number of nitrogens with one attached hydrogen (secondary N) is 1. The van der Waals surface area contributed by atoms with Gasteiger partial charge < -0.3 is 10.2 Å². The average Bonchev–Trinajstić information content (AvgIpc) is 3.14. The monoisotopic (exact) mass is 500 g/mol. The van der Waals surface area contributed by atoms with E-state index in [-0.39, 0.29) is 11.6 Å². The maximum atomic E-state index is 13.8. The predicted octanol–water partition coefficient (Wildman–Crippen LogP) is 5.26. The van der Waals surface area contributed by atoms with Crippen LogP contribution in [0.25, 0.3) is 16.8 Å². The lowest BCUT2D eigenvalue weighted by Gasteiger charge is -2.38. The van der Waals surface area contributed by atoms with Crippen LogP contribution in [0.2, 0.25) is 0 Å². The second kappa shape index (κ2) is 6.93. The Kier molecular flexibility index (Phi) is 4.18. The van der Waals surface area contributed by atoms with Gasteiger partial charge in [-0.3, -0.25) is 0 Å². The molecular formula is C24H20F4N6S. The molecule has 0 radical (unpaired) electrons. The number of pyridine rings is 1. The van der Waals surface area contributed by atoms with Gasteiger partial charge in [0.1, 0.15) is 10.8 Å². The Hall–Kier alpha value is -3.21. The molecule has 1 aliphatic heterocycles. The molecule has 4 aromatic rings. The fourth-order valence-corrected chi connectivity index (χ4v) is 6.92. The van der Waals surface area contributed by atoms with Gasteiger partial charge in [-0.25, -0.2) is 8.91 Å². The van der Waals surface area contributed by atoms with Crippen LogP contribution >= 0.6 is 11.5 Å². The molecule has 1 spiro atoms. The van der Waals surface area contributed by atoms with Crippen molar-refractivity contribution in [3.8, 4) is 11.1 Å². The Balaban J connectivity index is 1.16. The molecule has 3 unspecified atom stereocenters. The number of hydrogen-bond acceptors (Lipinski definition) is 6. The summed E-state index contributed by atoms with van der Waals surface area (Å²) >= 11 is 1.54. The number of nitrogens with zero attached hydrogens (tertiary/aromatic N) is 5. The number of hydrogen-bond donors (Lipinski definition) is 1. The van der Waals surface area contributed by atoms with Gasteiger partial charge in [-0.05, 0) is 72.1 Å². The maximum Gasteiger partial charge on any atom is 0.419 e. The molecule has 180 valence electrons. The van der Waals surface area contributed by atoms with Crippen molar-refractivity contribution in [2.24, 2.45) is 17.3 Å². The predicted molar refractivity (Wildman–Crippen MR) is 124 cm³/mol. The molecular weight excluding hydrogens is 480 g/mol. The summed E-state index contributed by atoms with van der Waals surface area (Å²) in [4.78, 5) is 7.04. The van der Waals surface area contributed by atoms with Gasteiger partial charge in [-0.15, -0.1) is 5.10 Å². The smallest absolute Gasteiger partial charge is 0.361 e. The first kappa shape index (κ1) is 21.1. The molecule has 35 heavy (non-hydrogen) atoms. The van der Waals surface area contributed by atoms with Crippen LogP contribution in [0, 0.1) is 30.0 Å². The van der Waals surface area contributed by atoms with Gasteiger partial charge in [0.2, 0.25) is 5.95 Å². The maximum absolute atomic E-state index is 13.8. The van der Waals surface area contributed by atoms with E-state index in [1.807, 2.05) is 6.92 Å². The fourth-order valence-electron chi connectivity index (χ4n) is 6.15. The van der Waals surface area contributed by atoms with E-state index >= 15 is 0 Å². The minimum atomic E-state index is -4.78. The Morgan fingerprint density at radius 1 is 1.17 bits per heavy atom. The molecule has 1 N–H and O–H groups in total. The molecule has 4 atom stereocenters. The van der Waals surface area contributed by atoms with Crippen molar-refractivity contribution in [2.75, 3.05) is 23.3 Å². The second-order valence-electron chi connectivity index (χ2n) is 9.83. The zero-order valence-electron chi connectivity index (χ0n) is 18.6. The first-order valence-electron chi connectivity index (χ1n) is 11.4. The number of rotatable bonds is 4. The molecule has 2 aliphatic carbocycles. The third-order valence-electron chi connectivity index (χ3n) is 7.85. The quantitative estimate of drug-likeness (QED) is 0.388. The van der Waals surface area contributed by atoms with Crippen molar-refractivity contribution in [1.82, 2.24) is 19.0 Å². The highest BCUT2D eigenvalue weighted by Gasteiger charge is 2.76. The van der Waals surface area contributed by atoms with Crippen LogP contribution in [0.4, 0.5) is 28.5 Å². The van der Waals surface area contributed by atoms with Gasteiger partial charge in [-0.1, -0.05) is 6.07 Å². The van der Waals surface area contributed by atoms with Gasteiger partial charge >= 0.3 is 6.18 Å². The number of anilines is 2. The summed E-state index contributed by atoms with van der Waals surface area (Å²) in [5, 5.41) is 9.25. The van der Waals surface area contributed by atoms with E-state index in [0.29, 0.717) is 34.4 Å². The van der Waals surface area contributed by atoms with Gasteiger partial charge in [0, 0.05) is 36.8 Å². The average molecular weight is 501 g/mol. The highest BCUT2D eigenvalue weighted by Crippen LogP contribution is 2.74. The van der Waals surface area contributed by atoms with Crippen molar-refractivity contribution in [3.63, 3.8) is 0 Å². The first-order valence-corrected chi connectivity index (χ1v) is 12.2. The summed E-state index contributed by atoms with van der Waals surface area (Å²) in [6, 6.07) is 8.76. The highest BCUT2D eigenvalue weighted by atomic mass is 32.1. The summed E-state index contributed by atoms with van der Waals surface area (Å²) in [6.07, 6.45) is -1.89. The van der Waals surface area contributed by atoms with Crippen LogP contribution in [-0.4, -0.2) is 38.1 Å². The third kappa shape index (κ3) is 3.10. The van der Waals surface area contributed by atoms with Crippen LogP contribution in [0.5, 0.6) is 0 Å². The van der Waals surface area contributed by atoms with Crippen LogP contribution in [0.1, 0.15) is 17.7 Å². The van der Waals surface area contributed by atoms with E-state index in [2.05, 4.69) is 30.7 Å². The van der Waals surface area contributed by atoms with Crippen LogP contribution in [0.3, 0.4) is 0 Å². The molecule has 4 heterocycles. The zero-order valence-corrected chi connectivity index (χ0v) is 19.4. The molecule has 11 heteroatoms. The lowest BCUT2D eigenvalue weighted by molar-refractivity contribution is -0.139. The normalized spacial score (nSPS) is 27.0. The molecule has 2 saturated carbocycles. The summed E-state index contributed by atoms with van der Waals surface area (Å²) in [5.41, 5.74) is 1.22. The fraction of sp³-hybridized carbons (Fsp3) is 0.375. The van der Waals surface area contributed by atoms with Crippen LogP contribution < -0.4 is 10.2 Å². The summed E-state index contributed by atoms with van der Waals surface area (Å²) in [7, 11) is 0. The lowest BCUT2D eigenvalue weighted by Crippen LogP contribution is -2.47. The Morgan fingerprint density at radius 3 is 2.80 bits per heavy atom. The van der Waals surface area contributed by atoms with E-state index < -0.39 is 17.6 Å². The number of benzene rings is 1. The minimum Gasteiger partial charge on any atom is -0.361 e. The van der Waals surface area contributed by atoms with E-state index in [0.717, 1.165) is 30.9 Å². The molecule has 3 aliphatic rings. The van der Waals surface area contributed by atoms with Gasteiger partial charge in [0.25, 0.3) is 0 Å². The summed E-state index contributed by atoms with van der Waals surface area (Å²) < 4.78 is 59.5. The Bertz CT molecular complexity index is 1480. The number of aryl methyl sites for hydroxylation is 1. The molecule has 3 fully saturated rings. The Morgan fingerprint density at radius 2 is 2.03 bits per heavy atom. The summed E-state index contributed by atoms with van der Waals surface area (Å²) in [6.45, 7) is 4.02. The van der Waals surface area contributed by atoms with E-state index in [4.69, 9.17) is 0 Å². The van der Waals surface area contributed by atoms with Crippen molar-refractivity contribution >= 4 is 28.1 Å². The number of alkyl halides is 3. The van der Waals surface area contributed by atoms with Crippen molar-refractivity contribution in [3.05, 3.63) is 59.7 Å². The molecule has 1 saturated heterocycles. The molecule has 3 aromatic heterocycles. The minimum absolute atomic E-state index is 0.236. The molecule has 0 amide bonds. The zero-order chi connectivity index (χ0) is 24.1. The third-order valence-corrected chi connectivity index (χ3v) is 8.80. The lowest BCUT2D eigenvalue weighted by atomic mass is 9.71. The number of halogens is 4. The van der Waals surface area contributed by atoms with Crippen LogP contribution in [-0.2, 0) is 6.18 Å². The largest absolute Gasteiger partial charge is 0.419 e. The molecule has 0 bridgehead atoms. The van der Waals surface area contributed by atoms with E-state index in [1.54, 1.807) is 34.4 Å². The first-order chi connectivity index (χ1) is 16.7. The van der Waals surface area contributed by atoms with Gasteiger partial charge in [0.15, 0.2) is 5.65 Å². The van der Waals surface area contributed by atoms with Crippen LogP contribution in [0.15, 0.2) is 42.6 Å². The van der Waals surface area contributed by atoms with E-state index in [9.17, 15) is 17.6 Å². The van der Waals surface area contributed by atoms with Crippen molar-refractivity contribution < 1.29 is 17.6 Å². The van der Waals surface area contributed by atoms with Gasteiger partial charge in [0.05, 0.1) is 11.3 Å². The second-order valence-corrected chi connectivity index (χ2v) is 10.6. The standard InChI is InChI=1S/C24H20F4N6S/c1-12-7-19(35-32-12)33-10-17-20(16-9-23(16,17)11-33)29-22-30-21-14(3-2-6-34(21)31-22)13-4-5-18(25)15(8-13)24(26,27)28/h2-8,16-17,20H,9-11H2,1H3,(H,29,31)/t16?,17?,20-,23?/m1/s1. The van der Waals surface area contributed by atoms with Crippen molar-refractivity contribution in [1.29, 1.82) is 0 Å². The summed E-state index contributed by atoms with van der Waals surface area (Å²) in [5.74, 6) is 0.221. The molecule has 6 nitrogen and oxygen atoms in total. The highest BCUT2D eigenvalue weighted by molar-refractivity contribution is 7.10. The van der Waals surface area contributed by atoms with E-state index in [1.165, 1.54) is 17.5 Å². The molecule has 7 rings (SSSR count). The number of fused-ring (bicyclic) bond motifs is 1. The molecule has 1 aromatic carbocycles. The topological polar surface area (TPSA) is 58.4 Å². The van der Waals surface area contributed by atoms with Crippen molar-refractivity contribution in [2.45, 2.75) is 25.6 Å². The Labute approximate surface area is 201 Å². The SMILES string of the molecule is Cc1cc(N2CC3[C@H](Nc4nc5c(-c6ccc(F)c(C(F)(F)F)c6)cccn5n4)C4CC34C2)sn1. The number of aromatic nitrogens is 4.